The molecule has 0 fully saturated rings. The van der Waals surface area contributed by atoms with E-state index in [1.807, 2.05) is 5.32 Å². The van der Waals surface area contributed by atoms with Crippen molar-refractivity contribution in [3.63, 3.8) is 0 Å². The molecule has 0 aliphatic heterocycles. The van der Waals surface area contributed by atoms with Crippen molar-refractivity contribution in [2.45, 2.75) is 0 Å². The van der Waals surface area contributed by atoms with E-state index in [0.29, 0.717) is 21.4 Å². The van der Waals surface area contributed by atoms with Crippen molar-refractivity contribution in [3.05, 3.63) is 68.9 Å². The molecule has 0 saturated heterocycles. The lowest BCUT2D eigenvalue weighted by Gasteiger charge is -2.14. The minimum Gasteiger partial charge on any atom is -0.465 e. The van der Waals surface area contributed by atoms with Crippen LogP contribution in [0.5, 0.6) is 0 Å². The van der Waals surface area contributed by atoms with Crippen LogP contribution in [0, 0.1) is 11.6 Å². The van der Waals surface area contributed by atoms with E-state index in [1.54, 1.807) is 18.2 Å². The summed E-state index contributed by atoms with van der Waals surface area (Å²) in [5, 5.41) is 11.0. The van der Waals surface area contributed by atoms with Gasteiger partial charge in [0.15, 0.2) is 5.43 Å². The lowest BCUT2D eigenvalue weighted by molar-refractivity contribution is 0.209. The van der Waals surface area contributed by atoms with Crippen molar-refractivity contribution in [3.8, 4) is 5.69 Å². The zero-order valence-corrected chi connectivity index (χ0v) is 13.5. The van der Waals surface area contributed by atoms with Gasteiger partial charge >= 0.3 is 6.09 Å². The third-order valence-electron chi connectivity index (χ3n) is 3.40. The van der Waals surface area contributed by atoms with Crippen molar-refractivity contribution in [1.29, 1.82) is 0 Å². The highest BCUT2D eigenvalue weighted by molar-refractivity contribution is 9.10. The summed E-state index contributed by atoms with van der Waals surface area (Å²) in [6.45, 7) is 0. The average Bonchev–Trinajstić information content (AvgIpc) is 2.50. The molecule has 2 aromatic carbocycles. The molecular weight excluding hydrogens is 386 g/mol. The molecule has 2 N–H and O–H groups in total. The second kappa shape index (κ2) is 6.04. The van der Waals surface area contributed by atoms with E-state index in [0.717, 1.165) is 6.07 Å². The van der Waals surface area contributed by atoms with Crippen LogP contribution in [0.2, 0.25) is 0 Å². The molecule has 1 heterocycles. The third kappa shape index (κ3) is 2.88. The van der Waals surface area contributed by atoms with E-state index < -0.39 is 17.7 Å². The third-order valence-corrected chi connectivity index (χ3v) is 3.89. The smallest absolute Gasteiger partial charge is 0.409 e. The standard InChI is InChI=1S/C16H9BrF2N2O3/c17-8-1-2-9-13(5-8)21(4-3-15(9)22)14-7-12(20-16(23)24)10(18)6-11(14)19/h1-7,20H,(H,23,24). The van der Waals surface area contributed by atoms with Crippen LogP contribution in [0.1, 0.15) is 0 Å². The van der Waals surface area contributed by atoms with Crippen molar-refractivity contribution in [1.82, 2.24) is 4.57 Å². The fourth-order valence-corrected chi connectivity index (χ4v) is 2.72. The Morgan fingerprint density at radius 2 is 1.88 bits per heavy atom. The first-order valence-corrected chi connectivity index (χ1v) is 7.46. The predicted octanol–water partition coefficient (Wildman–Crippen LogP) is 4.12. The number of amides is 1. The number of benzene rings is 2. The molecule has 24 heavy (non-hydrogen) atoms. The van der Waals surface area contributed by atoms with Crippen LogP contribution in [0.3, 0.4) is 0 Å². The number of carboxylic acid groups (broad SMARTS) is 1. The van der Waals surface area contributed by atoms with Crippen molar-refractivity contribution in [2.75, 3.05) is 5.32 Å². The Bertz CT molecular complexity index is 1030. The highest BCUT2D eigenvalue weighted by Crippen LogP contribution is 2.26. The van der Waals surface area contributed by atoms with E-state index in [2.05, 4.69) is 15.9 Å². The topological polar surface area (TPSA) is 71.3 Å². The molecule has 122 valence electrons. The summed E-state index contributed by atoms with van der Waals surface area (Å²) in [5.74, 6) is -1.93. The number of nitrogens with zero attached hydrogens (tertiary/aromatic N) is 1. The number of halogens is 3. The number of hydrogen-bond acceptors (Lipinski definition) is 2. The van der Waals surface area contributed by atoms with Crippen molar-refractivity contribution in [2.24, 2.45) is 0 Å². The van der Waals surface area contributed by atoms with Crippen LogP contribution >= 0.6 is 15.9 Å². The first-order chi connectivity index (χ1) is 11.4. The molecule has 3 rings (SSSR count). The van der Waals surface area contributed by atoms with Gasteiger partial charge in [-0.15, -0.1) is 0 Å². The Labute approximate surface area is 142 Å². The van der Waals surface area contributed by atoms with E-state index in [-0.39, 0.29) is 16.8 Å². The fraction of sp³-hybridized carbons (Fsp3) is 0. The predicted molar refractivity (Wildman–Crippen MR) is 88.8 cm³/mol. The summed E-state index contributed by atoms with van der Waals surface area (Å²) in [5.41, 5.74) is -0.340. The number of aromatic nitrogens is 1. The zero-order valence-electron chi connectivity index (χ0n) is 11.9. The summed E-state index contributed by atoms with van der Waals surface area (Å²) in [7, 11) is 0. The molecule has 8 heteroatoms. The van der Waals surface area contributed by atoms with Gasteiger partial charge in [0.05, 0.1) is 16.9 Å². The molecular formula is C16H9BrF2N2O3. The van der Waals surface area contributed by atoms with Gasteiger partial charge in [0.25, 0.3) is 0 Å². The van der Waals surface area contributed by atoms with Gasteiger partial charge in [0, 0.05) is 28.2 Å². The Morgan fingerprint density at radius 3 is 2.58 bits per heavy atom. The number of anilines is 1. The second-order valence-electron chi connectivity index (χ2n) is 4.93. The van der Waals surface area contributed by atoms with Crippen LogP contribution in [0.4, 0.5) is 19.3 Å². The number of rotatable bonds is 2. The lowest BCUT2D eigenvalue weighted by atomic mass is 10.2. The Balaban J connectivity index is 2.31. The maximum atomic E-state index is 14.3. The average molecular weight is 395 g/mol. The molecule has 1 aromatic heterocycles. The largest absolute Gasteiger partial charge is 0.465 e. The minimum atomic E-state index is -1.47. The molecule has 0 spiro atoms. The Kier molecular flexibility index (Phi) is 4.06. The van der Waals surface area contributed by atoms with Crippen LogP contribution in [0.25, 0.3) is 16.6 Å². The first kappa shape index (κ1) is 16.1. The zero-order chi connectivity index (χ0) is 17.4. The van der Waals surface area contributed by atoms with Gasteiger partial charge in [-0.3, -0.25) is 10.1 Å². The van der Waals surface area contributed by atoms with Crippen LogP contribution in [-0.2, 0) is 0 Å². The van der Waals surface area contributed by atoms with E-state index in [4.69, 9.17) is 5.11 Å². The summed E-state index contributed by atoms with van der Waals surface area (Å²) >= 11 is 3.28. The Morgan fingerprint density at radius 1 is 1.12 bits per heavy atom. The quantitative estimate of drug-likeness (QED) is 0.686. The summed E-state index contributed by atoms with van der Waals surface area (Å²) in [4.78, 5) is 22.7. The molecule has 0 saturated carbocycles. The first-order valence-electron chi connectivity index (χ1n) is 6.67. The van der Waals surface area contributed by atoms with Gasteiger partial charge < -0.3 is 9.67 Å². The second-order valence-corrected chi connectivity index (χ2v) is 5.84. The van der Waals surface area contributed by atoms with Gasteiger partial charge in [-0.05, 0) is 24.3 Å². The molecule has 0 radical (unpaired) electrons. The number of pyridine rings is 1. The SMILES string of the molecule is O=C(O)Nc1cc(-n2ccc(=O)c3ccc(Br)cc32)c(F)cc1F. The fourth-order valence-electron chi connectivity index (χ4n) is 2.37. The highest BCUT2D eigenvalue weighted by Gasteiger charge is 2.15. The monoisotopic (exact) mass is 394 g/mol. The number of carbonyl (C=O) groups is 1. The van der Waals surface area contributed by atoms with Gasteiger partial charge in [0.1, 0.15) is 11.6 Å². The van der Waals surface area contributed by atoms with Crippen LogP contribution < -0.4 is 10.7 Å². The number of fused-ring (bicyclic) bond motifs is 1. The minimum absolute atomic E-state index is 0.0942. The van der Waals surface area contributed by atoms with E-state index in [9.17, 15) is 18.4 Å². The summed E-state index contributed by atoms with van der Waals surface area (Å²) in [6.07, 6.45) is -0.128. The van der Waals surface area contributed by atoms with E-state index >= 15 is 0 Å². The molecule has 0 aliphatic carbocycles. The van der Waals surface area contributed by atoms with Crippen molar-refractivity contribution >= 4 is 38.6 Å². The normalized spacial score (nSPS) is 10.8. The van der Waals surface area contributed by atoms with Crippen LogP contribution in [-0.4, -0.2) is 15.8 Å². The van der Waals surface area contributed by atoms with Crippen molar-refractivity contribution < 1.29 is 18.7 Å². The Hall–Kier alpha value is -2.74. The van der Waals surface area contributed by atoms with Gasteiger partial charge in [0.2, 0.25) is 0 Å². The molecule has 3 aromatic rings. The summed E-state index contributed by atoms with van der Waals surface area (Å²) < 4.78 is 30.0. The molecule has 0 atom stereocenters. The molecule has 0 aliphatic rings. The maximum Gasteiger partial charge on any atom is 0.409 e. The molecule has 1 amide bonds. The van der Waals surface area contributed by atoms with Gasteiger partial charge in [-0.25, -0.2) is 13.6 Å². The number of hydrogen-bond donors (Lipinski definition) is 2. The molecule has 0 unspecified atom stereocenters. The highest BCUT2D eigenvalue weighted by atomic mass is 79.9. The molecule has 5 nitrogen and oxygen atoms in total. The maximum absolute atomic E-state index is 14.3. The molecule has 0 bridgehead atoms. The lowest BCUT2D eigenvalue weighted by Crippen LogP contribution is -2.12. The van der Waals surface area contributed by atoms with Gasteiger partial charge in [-0.1, -0.05) is 15.9 Å². The van der Waals surface area contributed by atoms with Crippen LogP contribution in [0.15, 0.2) is 51.9 Å². The van der Waals surface area contributed by atoms with E-state index in [1.165, 1.54) is 16.8 Å². The summed E-state index contributed by atoms with van der Waals surface area (Å²) in [6, 6.07) is 7.74. The van der Waals surface area contributed by atoms with Gasteiger partial charge in [-0.2, -0.15) is 0 Å². The number of nitrogens with one attached hydrogen (secondary N) is 1.